The number of fused-ring (bicyclic) bond motifs is 3. The van der Waals surface area contributed by atoms with E-state index < -0.39 is 0 Å². The molecule has 158 valence electrons. The first-order valence-corrected chi connectivity index (χ1v) is 11.2. The largest absolute Gasteiger partial charge is 0.488 e. The molecule has 1 N–H and O–H groups in total. The molecule has 1 aromatic heterocycles. The highest BCUT2D eigenvalue weighted by atomic mass is 32.1. The van der Waals surface area contributed by atoms with Crippen molar-refractivity contribution in [3.05, 3.63) is 71.1 Å². The Labute approximate surface area is 185 Å². The van der Waals surface area contributed by atoms with Gasteiger partial charge in [-0.15, -0.1) is 11.3 Å². The predicted octanol–water partition coefficient (Wildman–Crippen LogP) is 3.70. The van der Waals surface area contributed by atoms with Crippen LogP contribution in [0.5, 0.6) is 5.75 Å². The molecule has 31 heavy (non-hydrogen) atoms. The number of hydrogen-bond donors (Lipinski definition) is 1. The second-order valence-electron chi connectivity index (χ2n) is 7.73. The Morgan fingerprint density at radius 1 is 0.968 bits per heavy atom. The highest BCUT2D eigenvalue weighted by Gasteiger charge is 2.27. The zero-order valence-electron chi connectivity index (χ0n) is 17.0. The molecule has 2 amide bonds. The molecule has 6 nitrogen and oxygen atoms in total. The third kappa shape index (κ3) is 4.19. The summed E-state index contributed by atoms with van der Waals surface area (Å²) in [4.78, 5) is 31.2. The zero-order chi connectivity index (χ0) is 21.2. The van der Waals surface area contributed by atoms with Crippen LogP contribution in [0.2, 0.25) is 0 Å². The summed E-state index contributed by atoms with van der Waals surface area (Å²) in [5.41, 5.74) is 2.93. The second-order valence-corrected chi connectivity index (χ2v) is 8.78. The van der Waals surface area contributed by atoms with Gasteiger partial charge in [0.05, 0.1) is 11.4 Å². The van der Waals surface area contributed by atoms with Crippen LogP contribution in [0.1, 0.15) is 15.2 Å². The first-order chi connectivity index (χ1) is 15.2. The highest BCUT2D eigenvalue weighted by molar-refractivity contribution is 7.17. The maximum atomic E-state index is 13.1. The van der Waals surface area contributed by atoms with E-state index in [9.17, 15) is 9.59 Å². The SMILES string of the molecule is O=C(CN1CCN(C(=O)c2cc3c(s2)-c2ccccc2OC3)CC1)Nc1ccccc1. The van der Waals surface area contributed by atoms with E-state index in [0.29, 0.717) is 39.3 Å². The maximum absolute atomic E-state index is 13.1. The van der Waals surface area contributed by atoms with E-state index in [4.69, 9.17) is 4.74 Å². The lowest BCUT2D eigenvalue weighted by Crippen LogP contribution is -2.50. The molecule has 0 unspecified atom stereocenters. The van der Waals surface area contributed by atoms with Crippen molar-refractivity contribution in [1.82, 2.24) is 9.80 Å². The van der Waals surface area contributed by atoms with Crippen molar-refractivity contribution in [3.63, 3.8) is 0 Å². The van der Waals surface area contributed by atoms with Crippen LogP contribution in [0.4, 0.5) is 5.69 Å². The van der Waals surface area contributed by atoms with Crippen molar-refractivity contribution in [3.8, 4) is 16.2 Å². The van der Waals surface area contributed by atoms with Gasteiger partial charge in [0.15, 0.2) is 0 Å². The molecule has 0 bridgehead atoms. The molecule has 3 heterocycles. The fourth-order valence-electron chi connectivity index (χ4n) is 3.99. The van der Waals surface area contributed by atoms with Crippen LogP contribution in [0.3, 0.4) is 0 Å². The van der Waals surface area contributed by atoms with Crippen molar-refractivity contribution in [2.75, 3.05) is 38.0 Å². The quantitative estimate of drug-likeness (QED) is 0.682. The zero-order valence-corrected chi connectivity index (χ0v) is 17.9. The van der Waals surface area contributed by atoms with Crippen LogP contribution in [0.15, 0.2) is 60.7 Å². The Bertz CT molecular complexity index is 1100. The first-order valence-electron chi connectivity index (χ1n) is 10.4. The third-order valence-electron chi connectivity index (χ3n) is 5.62. The van der Waals surface area contributed by atoms with Gasteiger partial charge in [-0.3, -0.25) is 14.5 Å². The number of anilines is 1. The lowest BCUT2D eigenvalue weighted by molar-refractivity contribution is -0.117. The van der Waals surface area contributed by atoms with Crippen molar-refractivity contribution in [2.45, 2.75) is 6.61 Å². The van der Waals surface area contributed by atoms with Crippen LogP contribution >= 0.6 is 11.3 Å². The number of amides is 2. The smallest absolute Gasteiger partial charge is 0.264 e. The number of para-hydroxylation sites is 2. The molecular weight excluding hydrogens is 410 g/mol. The van der Waals surface area contributed by atoms with Gasteiger partial charge in [0, 0.05) is 47.9 Å². The Kier molecular flexibility index (Phi) is 5.44. The number of ether oxygens (including phenoxy) is 1. The molecule has 2 aliphatic heterocycles. The number of rotatable bonds is 4. The monoisotopic (exact) mass is 433 g/mol. The summed E-state index contributed by atoms with van der Waals surface area (Å²) in [6.45, 7) is 3.44. The second kappa shape index (κ2) is 8.53. The van der Waals surface area contributed by atoms with Gasteiger partial charge in [-0.2, -0.15) is 0 Å². The Morgan fingerprint density at radius 2 is 1.71 bits per heavy atom. The van der Waals surface area contributed by atoms with Gasteiger partial charge in [-0.1, -0.05) is 30.3 Å². The molecule has 0 spiro atoms. The molecule has 2 aliphatic rings. The van der Waals surface area contributed by atoms with Crippen molar-refractivity contribution < 1.29 is 14.3 Å². The van der Waals surface area contributed by atoms with E-state index >= 15 is 0 Å². The molecule has 1 fully saturated rings. The normalized spacial score (nSPS) is 15.5. The van der Waals surface area contributed by atoms with Gasteiger partial charge in [-0.05, 0) is 30.3 Å². The van der Waals surface area contributed by atoms with Crippen LogP contribution in [-0.4, -0.2) is 54.3 Å². The molecule has 3 aromatic rings. The number of piperazine rings is 1. The molecule has 0 aliphatic carbocycles. The van der Waals surface area contributed by atoms with Gasteiger partial charge < -0.3 is 15.0 Å². The minimum Gasteiger partial charge on any atom is -0.488 e. The van der Waals surface area contributed by atoms with E-state index in [0.717, 1.165) is 32.3 Å². The lowest BCUT2D eigenvalue weighted by Gasteiger charge is -2.34. The Morgan fingerprint density at radius 3 is 2.52 bits per heavy atom. The van der Waals surface area contributed by atoms with E-state index in [1.54, 1.807) is 11.3 Å². The molecule has 5 rings (SSSR count). The van der Waals surface area contributed by atoms with Gasteiger partial charge in [-0.25, -0.2) is 0 Å². The highest BCUT2D eigenvalue weighted by Crippen LogP contribution is 2.42. The van der Waals surface area contributed by atoms with Crippen molar-refractivity contribution >= 4 is 28.8 Å². The van der Waals surface area contributed by atoms with Gasteiger partial charge in [0.2, 0.25) is 5.91 Å². The van der Waals surface area contributed by atoms with Gasteiger partial charge in [0.1, 0.15) is 12.4 Å². The fraction of sp³-hybridized carbons (Fsp3) is 0.250. The van der Waals surface area contributed by atoms with Crippen LogP contribution < -0.4 is 10.1 Å². The van der Waals surface area contributed by atoms with E-state index in [-0.39, 0.29) is 11.8 Å². The van der Waals surface area contributed by atoms with Crippen molar-refractivity contribution in [1.29, 1.82) is 0 Å². The van der Waals surface area contributed by atoms with Crippen molar-refractivity contribution in [2.24, 2.45) is 0 Å². The van der Waals surface area contributed by atoms with E-state index in [2.05, 4.69) is 10.2 Å². The number of carbonyl (C=O) groups is 2. The maximum Gasteiger partial charge on any atom is 0.264 e. The summed E-state index contributed by atoms with van der Waals surface area (Å²) >= 11 is 1.54. The molecule has 0 saturated carbocycles. The van der Waals surface area contributed by atoms with E-state index in [1.807, 2.05) is 65.6 Å². The molecule has 1 saturated heterocycles. The summed E-state index contributed by atoms with van der Waals surface area (Å²) in [7, 11) is 0. The minimum absolute atomic E-state index is 0.0319. The fourth-order valence-corrected chi connectivity index (χ4v) is 5.16. The molecular formula is C24H23N3O3S. The topological polar surface area (TPSA) is 61.9 Å². The number of carbonyl (C=O) groups excluding carboxylic acids is 2. The number of benzene rings is 2. The minimum atomic E-state index is -0.0319. The number of thiophene rings is 1. The summed E-state index contributed by atoms with van der Waals surface area (Å²) in [5.74, 6) is 0.902. The Hall–Kier alpha value is -3.16. The average molecular weight is 434 g/mol. The first kappa shape index (κ1) is 19.8. The van der Waals surface area contributed by atoms with Crippen LogP contribution in [0, 0.1) is 0 Å². The molecule has 0 radical (unpaired) electrons. The van der Waals surface area contributed by atoms with Crippen LogP contribution in [0.25, 0.3) is 10.4 Å². The summed E-state index contributed by atoms with van der Waals surface area (Å²) in [6, 6.07) is 19.4. The summed E-state index contributed by atoms with van der Waals surface area (Å²) < 4.78 is 5.82. The number of nitrogens with one attached hydrogen (secondary N) is 1. The standard InChI is InChI=1S/C24H23N3O3S/c28-22(25-18-6-2-1-3-7-18)15-26-10-12-27(13-11-26)24(29)21-14-17-16-30-20-9-5-4-8-19(20)23(17)31-21/h1-9,14H,10-13,15-16H2,(H,25,28). The third-order valence-corrected chi connectivity index (χ3v) is 6.82. The van der Waals surface area contributed by atoms with Crippen LogP contribution in [-0.2, 0) is 11.4 Å². The molecule has 0 atom stereocenters. The van der Waals surface area contributed by atoms with Gasteiger partial charge >= 0.3 is 0 Å². The van der Waals surface area contributed by atoms with Gasteiger partial charge in [0.25, 0.3) is 5.91 Å². The predicted molar refractivity (Wildman–Crippen MR) is 122 cm³/mol. The molecule has 7 heteroatoms. The number of nitrogens with zero attached hydrogens (tertiary/aromatic N) is 2. The number of hydrogen-bond acceptors (Lipinski definition) is 5. The van der Waals surface area contributed by atoms with E-state index in [1.165, 1.54) is 0 Å². The Balaban J connectivity index is 1.19. The summed E-state index contributed by atoms with van der Waals surface area (Å²) in [5, 5.41) is 2.91. The summed E-state index contributed by atoms with van der Waals surface area (Å²) in [6.07, 6.45) is 0. The molecule has 2 aromatic carbocycles. The average Bonchev–Trinajstić information content (AvgIpc) is 3.25. The lowest BCUT2D eigenvalue weighted by atomic mass is 10.1.